The highest BCUT2D eigenvalue weighted by Crippen LogP contribution is 2.31. The van der Waals surface area contributed by atoms with Gasteiger partial charge in [0.25, 0.3) is 0 Å². The minimum Gasteiger partial charge on any atom is -0.490 e. The molecule has 202 valence electrons. The Labute approximate surface area is 222 Å². The van der Waals surface area contributed by atoms with E-state index >= 15 is 0 Å². The van der Waals surface area contributed by atoms with Crippen LogP contribution in [-0.4, -0.2) is 13.2 Å². The van der Waals surface area contributed by atoms with Gasteiger partial charge in [-0.1, -0.05) is 129 Å². The van der Waals surface area contributed by atoms with Crippen molar-refractivity contribution >= 4 is 0 Å². The Balaban J connectivity index is 2.31. The maximum absolute atomic E-state index is 9.40. The van der Waals surface area contributed by atoms with E-state index in [0.717, 1.165) is 25.7 Å². The molecule has 0 aromatic heterocycles. The van der Waals surface area contributed by atoms with Gasteiger partial charge in [-0.25, -0.2) is 0 Å². The molecule has 0 atom stereocenters. The Morgan fingerprint density at radius 3 is 1.03 bits per heavy atom. The molecule has 0 aliphatic carbocycles. The van der Waals surface area contributed by atoms with Crippen molar-refractivity contribution in [2.75, 3.05) is 13.2 Å². The Kier molecular flexibility index (Phi) is 20.5. The van der Waals surface area contributed by atoms with Crippen molar-refractivity contribution < 1.29 is 9.47 Å². The summed E-state index contributed by atoms with van der Waals surface area (Å²) >= 11 is 0. The summed E-state index contributed by atoms with van der Waals surface area (Å²) in [6.07, 6.45) is 25.6. The summed E-state index contributed by atoms with van der Waals surface area (Å²) in [6.45, 7) is 5.74. The zero-order chi connectivity index (χ0) is 26.1. The largest absolute Gasteiger partial charge is 0.490 e. The summed E-state index contributed by atoms with van der Waals surface area (Å²) < 4.78 is 12.0. The summed E-state index contributed by atoms with van der Waals surface area (Å²) in [5.74, 6) is 1.18. The van der Waals surface area contributed by atoms with Gasteiger partial charge in [-0.15, -0.1) is 0 Å². The van der Waals surface area contributed by atoms with Crippen LogP contribution in [-0.2, 0) is 0 Å². The standard InChI is InChI=1S/C32H52N2O2/c1-3-5-7-9-11-13-15-17-19-21-23-35-31-25-29(27-33)30(28-34)26-32(31)36-24-22-20-18-16-14-12-10-8-6-4-2/h25-26H,3-24H2,1-2H3. The molecule has 1 aromatic carbocycles. The van der Waals surface area contributed by atoms with Crippen molar-refractivity contribution in [1.29, 1.82) is 10.5 Å². The van der Waals surface area contributed by atoms with Crippen molar-refractivity contribution in [2.24, 2.45) is 0 Å². The van der Waals surface area contributed by atoms with Crippen LogP contribution in [0.1, 0.15) is 153 Å². The molecule has 0 spiro atoms. The third-order valence-electron chi connectivity index (χ3n) is 6.84. The molecule has 0 saturated carbocycles. The quantitative estimate of drug-likeness (QED) is 0.133. The molecule has 1 rings (SSSR count). The van der Waals surface area contributed by atoms with E-state index in [0.29, 0.717) is 35.8 Å². The first-order chi connectivity index (χ1) is 17.8. The number of ether oxygens (including phenoxy) is 2. The van der Waals surface area contributed by atoms with Gasteiger partial charge in [0, 0.05) is 12.1 Å². The number of unbranched alkanes of at least 4 members (excludes halogenated alkanes) is 18. The monoisotopic (exact) mass is 496 g/mol. The lowest BCUT2D eigenvalue weighted by molar-refractivity contribution is 0.258. The van der Waals surface area contributed by atoms with Crippen molar-refractivity contribution in [3.05, 3.63) is 23.3 Å². The lowest BCUT2D eigenvalue weighted by Crippen LogP contribution is -2.04. The first-order valence-electron chi connectivity index (χ1n) is 15.0. The van der Waals surface area contributed by atoms with Crippen LogP contribution in [0.2, 0.25) is 0 Å². The van der Waals surface area contributed by atoms with Gasteiger partial charge in [0.15, 0.2) is 11.5 Å². The minimum atomic E-state index is 0.349. The average Bonchev–Trinajstić information content (AvgIpc) is 2.90. The van der Waals surface area contributed by atoms with Gasteiger partial charge >= 0.3 is 0 Å². The Morgan fingerprint density at radius 2 is 0.750 bits per heavy atom. The second-order valence-corrected chi connectivity index (χ2v) is 10.1. The van der Waals surface area contributed by atoms with E-state index in [1.807, 2.05) is 0 Å². The highest BCUT2D eigenvalue weighted by molar-refractivity contribution is 5.56. The van der Waals surface area contributed by atoms with Crippen LogP contribution in [0.25, 0.3) is 0 Å². The van der Waals surface area contributed by atoms with E-state index in [9.17, 15) is 10.5 Å². The minimum absolute atomic E-state index is 0.349. The number of hydrogen-bond donors (Lipinski definition) is 0. The maximum atomic E-state index is 9.40. The van der Waals surface area contributed by atoms with Gasteiger partial charge in [-0.2, -0.15) is 10.5 Å². The van der Waals surface area contributed by atoms with Gasteiger partial charge in [0.2, 0.25) is 0 Å². The van der Waals surface area contributed by atoms with Crippen molar-refractivity contribution in [1.82, 2.24) is 0 Å². The molecule has 0 amide bonds. The molecule has 0 aliphatic rings. The van der Waals surface area contributed by atoms with E-state index in [4.69, 9.17) is 9.47 Å². The smallest absolute Gasteiger partial charge is 0.162 e. The summed E-state index contributed by atoms with van der Waals surface area (Å²) in [6, 6.07) is 7.56. The third-order valence-corrected chi connectivity index (χ3v) is 6.84. The molecule has 0 aliphatic heterocycles. The molecular weight excluding hydrogens is 444 g/mol. The highest BCUT2D eigenvalue weighted by Gasteiger charge is 2.12. The van der Waals surface area contributed by atoms with Crippen LogP contribution in [0, 0.1) is 22.7 Å². The van der Waals surface area contributed by atoms with Crippen molar-refractivity contribution in [3.8, 4) is 23.6 Å². The lowest BCUT2D eigenvalue weighted by atomic mass is 10.1. The first kappa shape index (κ1) is 31.8. The summed E-state index contributed by atoms with van der Waals surface area (Å²) in [7, 11) is 0. The number of benzene rings is 1. The summed E-state index contributed by atoms with van der Waals surface area (Å²) in [5, 5.41) is 18.8. The molecule has 4 nitrogen and oxygen atoms in total. The molecule has 0 bridgehead atoms. The average molecular weight is 497 g/mol. The molecule has 36 heavy (non-hydrogen) atoms. The van der Waals surface area contributed by atoms with Gasteiger partial charge in [0.1, 0.15) is 12.1 Å². The SMILES string of the molecule is CCCCCCCCCCCCOc1cc(C#N)c(C#N)cc1OCCCCCCCCCCCC. The van der Waals surface area contributed by atoms with E-state index in [1.165, 1.54) is 103 Å². The molecule has 0 unspecified atom stereocenters. The van der Waals surface area contributed by atoms with Crippen LogP contribution >= 0.6 is 0 Å². The first-order valence-corrected chi connectivity index (χ1v) is 15.0. The number of nitrogens with zero attached hydrogens (tertiary/aromatic N) is 2. The van der Waals surface area contributed by atoms with E-state index in [2.05, 4.69) is 26.0 Å². The normalized spacial score (nSPS) is 10.7. The predicted molar refractivity (Wildman–Crippen MR) is 151 cm³/mol. The maximum Gasteiger partial charge on any atom is 0.162 e. The Bertz CT molecular complexity index is 685. The van der Waals surface area contributed by atoms with E-state index in [1.54, 1.807) is 12.1 Å². The zero-order valence-corrected chi connectivity index (χ0v) is 23.4. The molecule has 4 heteroatoms. The van der Waals surface area contributed by atoms with Gasteiger partial charge in [-0.3, -0.25) is 0 Å². The van der Waals surface area contributed by atoms with E-state index < -0.39 is 0 Å². The molecule has 0 saturated heterocycles. The molecule has 0 N–H and O–H groups in total. The number of nitriles is 2. The van der Waals surface area contributed by atoms with E-state index in [-0.39, 0.29) is 0 Å². The third kappa shape index (κ3) is 15.7. The second kappa shape index (κ2) is 23.2. The van der Waals surface area contributed by atoms with Crippen LogP contribution in [0.15, 0.2) is 12.1 Å². The second-order valence-electron chi connectivity index (χ2n) is 10.1. The van der Waals surface area contributed by atoms with Crippen molar-refractivity contribution in [3.63, 3.8) is 0 Å². The van der Waals surface area contributed by atoms with Crippen LogP contribution < -0.4 is 9.47 Å². The molecule has 0 radical (unpaired) electrons. The van der Waals surface area contributed by atoms with Crippen LogP contribution in [0.4, 0.5) is 0 Å². The molecule has 1 aromatic rings. The Morgan fingerprint density at radius 1 is 0.472 bits per heavy atom. The zero-order valence-electron chi connectivity index (χ0n) is 23.4. The highest BCUT2D eigenvalue weighted by atomic mass is 16.5. The number of hydrogen-bond acceptors (Lipinski definition) is 4. The van der Waals surface area contributed by atoms with Gasteiger partial charge in [-0.05, 0) is 12.8 Å². The van der Waals surface area contributed by atoms with Crippen LogP contribution in [0.5, 0.6) is 11.5 Å². The number of rotatable bonds is 24. The van der Waals surface area contributed by atoms with Crippen molar-refractivity contribution in [2.45, 2.75) is 142 Å². The fourth-order valence-corrected chi connectivity index (χ4v) is 4.51. The molecule has 0 fully saturated rings. The topological polar surface area (TPSA) is 66.0 Å². The summed E-state index contributed by atoms with van der Waals surface area (Å²) in [4.78, 5) is 0. The molecule has 0 heterocycles. The molecular formula is C32H52N2O2. The fraction of sp³-hybridized carbons (Fsp3) is 0.750. The van der Waals surface area contributed by atoms with Gasteiger partial charge in [0.05, 0.1) is 24.3 Å². The fourth-order valence-electron chi connectivity index (χ4n) is 4.51. The Hall–Kier alpha value is -2.20. The van der Waals surface area contributed by atoms with Gasteiger partial charge < -0.3 is 9.47 Å². The predicted octanol–water partition coefficient (Wildman–Crippen LogP) is 10.0. The van der Waals surface area contributed by atoms with Crippen LogP contribution in [0.3, 0.4) is 0 Å². The lowest BCUT2D eigenvalue weighted by Gasteiger charge is -2.14. The summed E-state index contributed by atoms with van der Waals surface area (Å²) in [5.41, 5.74) is 0.698.